The van der Waals surface area contributed by atoms with Crippen molar-refractivity contribution in [3.8, 4) is 0 Å². The Labute approximate surface area is 228 Å². The summed E-state index contributed by atoms with van der Waals surface area (Å²) in [5.74, 6) is -0.147. The van der Waals surface area contributed by atoms with E-state index in [9.17, 15) is 14.0 Å². The number of aryl methyl sites for hydroxylation is 1. The lowest BCUT2D eigenvalue weighted by atomic mass is 9.97. The summed E-state index contributed by atoms with van der Waals surface area (Å²) in [7, 11) is 0. The minimum atomic E-state index is -0.454. The molecule has 1 aliphatic heterocycles. The second-order valence-corrected chi connectivity index (χ2v) is 9.84. The van der Waals surface area contributed by atoms with Crippen molar-refractivity contribution in [3.63, 3.8) is 0 Å². The summed E-state index contributed by atoms with van der Waals surface area (Å²) in [5.41, 5.74) is 6.06. The Morgan fingerprint density at radius 2 is 2.02 bits per heavy atom. The molecule has 0 unspecified atom stereocenters. The maximum atomic E-state index is 13.6. The van der Waals surface area contributed by atoms with Gasteiger partial charge in [0.1, 0.15) is 17.2 Å². The number of hydrogen-bond donors (Lipinski definition) is 3. The van der Waals surface area contributed by atoms with Crippen LogP contribution < -0.4 is 16.0 Å². The standard InChI is InChI=1S/C29H26FN7O3/c1-15-12-18(4-8-22(15)30)14-31-28(38)24-13-25(37-26(34-24)10-11-32-37)29(39)35-23-9-7-19-16(2)20(5-6-21(19)23)27-33-17(3)40-36-27/h4-6,8,10-13,23H,3,7,9,14H2,1-2H3,(H,31,38)(H,33,36)(H,35,39)/t23-/m0/s1. The molecule has 10 nitrogen and oxygen atoms in total. The Kier molecular flexibility index (Phi) is 6.25. The fourth-order valence-corrected chi connectivity index (χ4v) is 5.19. The maximum absolute atomic E-state index is 13.6. The van der Waals surface area contributed by atoms with E-state index in [1.54, 1.807) is 25.1 Å². The number of halogens is 1. The van der Waals surface area contributed by atoms with E-state index < -0.39 is 5.91 Å². The van der Waals surface area contributed by atoms with Crippen molar-refractivity contribution in [1.29, 1.82) is 0 Å². The van der Waals surface area contributed by atoms with Gasteiger partial charge in [-0.05, 0) is 67.2 Å². The molecule has 0 radical (unpaired) electrons. The summed E-state index contributed by atoms with van der Waals surface area (Å²) < 4.78 is 15.0. The van der Waals surface area contributed by atoms with Crippen LogP contribution in [0.15, 0.2) is 66.3 Å². The Morgan fingerprint density at radius 3 is 2.80 bits per heavy atom. The summed E-state index contributed by atoms with van der Waals surface area (Å²) >= 11 is 0. The van der Waals surface area contributed by atoms with Crippen LogP contribution in [0.4, 0.5) is 4.39 Å². The zero-order chi connectivity index (χ0) is 28.0. The molecule has 0 saturated carbocycles. The van der Waals surface area contributed by atoms with Crippen LogP contribution in [-0.2, 0) is 17.8 Å². The van der Waals surface area contributed by atoms with Crippen molar-refractivity contribution in [1.82, 2.24) is 30.5 Å². The van der Waals surface area contributed by atoms with E-state index >= 15 is 0 Å². The highest BCUT2D eigenvalue weighted by atomic mass is 19.1. The number of hydrogen-bond acceptors (Lipinski definition) is 7. The molecule has 0 saturated heterocycles. The van der Waals surface area contributed by atoms with E-state index in [-0.39, 0.29) is 35.7 Å². The molecule has 2 aliphatic rings. The smallest absolute Gasteiger partial charge is 0.270 e. The number of nitrogens with zero attached hydrogens (tertiary/aromatic N) is 4. The van der Waals surface area contributed by atoms with E-state index in [4.69, 9.17) is 4.84 Å². The molecular formula is C29H26FN7O3. The van der Waals surface area contributed by atoms with E-state index in [0.29, 0.717) is 22.9 Å². The van der Waals surface area contributed by atoms with Gasteiger partial charge in [0.2, 0.25) is 5.88 Å². The van der Waals surface area contributed by atoms with Gasteiger partial charge in [0.25, 0.3) is 11.8 Å². The molecule has 3 N–H and O–H groups in total. The fourth-order valence-electron chi connectivity index (χ4n) is 5.19. The Hall–Kier alpha value is -5.06. The molecule has 0 spiro atoms. The molecule has 0 bridgehead atoms. The highest BCUT2D eigenvalue weighted by molar-refractivity contribution is 6.02. The lowest BCUT2D eigenvalue weighted by molar-refractivity contribution is 0.0929. The Bertz CT molecular complexity index is 1740. The van der Waals surface area contributed by atoms with Crippen molar-refractivity contribution in [2.45, 2.75) is 39.3 Å². The quantitative estimate of drug-likeness (QED) is 0.344. The average molecular weight is 540 g/mol. The Morgan fingerprint density at radius 1 is 1.18 bits per heavy atom. The molecule has 40 heavy (non-hydrogen) atoms. The number of amides is 2. The Balaban J connectivity index is 1.22. The van der Waals surface area contributed by atoms with E-state index in [2.05, 4.69) is 37.8 Å². The van der Waals surface area contributed by atoms with Gasteiger partial charge in [0, 0.05) is 24.2 Å². The highest BCUT2D eigenvalue weighted by Crippen LogP contribution is 2.35. The largest absolute Gasteiger partial charge is 0.347 e. The second kappa shape index (κ2) is 9.92. The van der Waals surface area contributed by atoms with Crippen LogP contribution in [0.25, 0.3) is 5.65 Å². The molecule has 4 aromatic rings. The van der Waals surface area contributed by atoms with Gasteiger partial charge in [0.15, 0.2) is 11.5 Å². The number of amidine groups is 1. The lowest BCUT2D eigenvalue weighted by Crippen LogP contribution is -2.30. The van der Waals surface area contributed by atoms with Crippen molar-refractivity contribution in [3.05, 3.63) is 112 Å². The molecular weight excluding hydrogens is 513 g/mol. The summed E-state index contributed by atoms with van der Waals surface area (Å²) in [6.07, 6.45) is 3.04. The van der Waals surface area contributed by atoms with Crippen molar-refractivity contribution < 1.29 is 18.8 Å². The van der Waals surface area contributed by atoms with E-state index in [0.717, 1.165) is 40.7 Å². The number of benzene rings is 2. The van der Waals surface area contributed by atoms with Crippen LogP contribution in [-0.4, -0.2) is 32.2 Å². The second-order valence-electron chi connectivity index (χ2n) is 9.84. The van der Waals surface area contributed by atoms with Crippen LogP contribution in [0, 0.1) is 19.7 Å². The average Bonchev–Trinajstić information content (AvgIpc) is 3.69. The number of fused-ring (bicyclic) bond motifs is 2. The normalized spacial score (nSPS) is 15.8. The predicted molar refractivity (Wildman–Crippen MR) is 145 cm³/mol. The summed E-state index contributed by atoms with van der Waals surface area (Å²) in [6, 6.07) is 11.5. The van der Waals surface area contributed by atoms with Gasteiger partial charge >= 0.3 is 0 Å². The number of rotatable bonds is 6. The first-order valence-electron chi connectivity index (χ1n) is 12.8. The number of carbonyl (C=O) groups is 2. The van der Waals surface area contributed by atoms with Crippen LogP contribution in [0.1, 0.15) is 66.8 Å². The van der Waals surface area contributed by atoms with Crippen LogP contribution in [0.3, 0.4) is 0 Å². The zero-order valence-electron chi connectivity index (χ0n) is 21.9. The first-order chi connectivity index (χ1) is 19.3. The van der Waals surface area contributed by atoms with Gasteiger partial charge in [-0.2, -0.15) is 5.10 Å². The molecule has 2 amide bonds. The van der Waals surface area contributed by atoms with Gasteiger partial charge in [0.05, 0.1) is 12.2 Å². The van der Waals surface area contributed by atoms with Crippen LogP contribution >= 0.6 is 0 Å². The third-order valence-corrected chi connectivity index (χ3v) is 7.26. The number of nitrogens with one attached hydrogen (secondary N) is 3. The molecule has 1 atom stereocenters. The molecule has 2 aromatic carbocycles. The third-order valence-electron chi connectivity index (χ3n) is 7.26. The SMILES string of the molecule is C=C1NC(c2ccc3c(c2C)CC[C@@H]3NC(=O)c2cc(C(=O)NCc3ccc(F)c(C)c3)nc3ccnn23)=NO1. The summed E-state index contributed by atoms with van der Waals surface area (Å²) in [4.78, 5) is 36.0. The zero-order valence-corrected chi connectivity index (χ0v) is 21.9. The molecule has 202 valence electrons. The minimum absolute atomic E-state index is 0.0814. The van der Waals surface area contributed by atoms with Gasteiger partial charge in [-0.15, -0.1) is 0 Å². The molecule has 2 aromatic heterocycles. The lowest BCUT2D eigenvalue weighted by Gasteiger charge is -2.17. The summed E-state index contributed by atoms with van der Waals surface area (Å²) in [6.45, 7) is 7.61. The minimum Gasteiger partial charge on any atom is -0.347 e. The number of oxime groups is 1. The van der Waals surface area contributed by atoms with Gasteiger partial charge in [-0.3, -0.25) is 9.59 Å². The predicted octanol–water partition coefficient (Wildman–Crippen LogP) is 3.59. The van der Waals surface area contributed by atoms with E-state index in [1.807, 2.05) is 19.1 Å². The van der Waals surface area contributed by atoms with Crippen LogP contribution in [0.5, 0.6) is 0 Å². The molecule has 6 rings (SSSR count). The monoisotopic (exact) mass is 539 g/mol. The molecule has 3 heterocycles. The highest BCUT2D eigenvalue weighted by Gasteiger charge is 2.29. The van der Waals surface area contributed by atoms with Crippen LogP contribution in [0.2, 0.25) is 0 Å². The third kappa shape index (κ3) is 4.55. The first kappa shape index (κ1) is 25.2. The maximum Gasteiger partial charge on any atom is 0.270 e. The fraction of sp³-hybridized carbons (Fsp3) is 0.207. The van der Waals surface area contributed by atoms with Crippen molar-refractivity contribution in [2.75, 3.05) is 0 Å². The number of aromatic nitrogens is 3. The molecule has 1 aliphatic carbocycles. The van der Waals surface area contributed by atoms with Crippen molar-refractivity contribution >= 4 is 23.3 Å². The van der Waals surface area contributed by atoms with Gasteiger partial charge in [-0.1, -0.05) is 29.4 Å². The molecule has 0 fully saturated rings. The number of carbonyl (C=O) groups excluding carboxylic acids is 2. The van der Waals surface area contributed by atoms with E-state index in [1.165, 1.54) is 22.8 Å². The summed E-state index contributed by atoms with van der Waals surface area (Å²) in [5, 5.41) is 17.2. The molecule has 11 heteroatoms. The van der Waals surface area contributed by atoms with Gasteiger partial charge in [-0.25, -0.2) is 13.9 Å². The van der Waals surface area contributed by atoms with Crippen molar-refractivity contribution in [2.24, 2.45) is 5.16 Å². The van der Waals surface area contributed by atoms with Gasteiger partial charge < -0.3 is 20.8 Å². The first-order valence-corrected chi connectivity index (χ1v) is 12.8. The topological polar surface area (TPSA) is 122 Å².